The number of fused-ring (bicyclic) bond motifs is 3. The smallest absolute Gasteiger partial charge is 0.425 e. The molecule has 9 aromatic rings. The Bertz CT molecular complexity index is 6220. The first-order chi connectivity index (χ1) is 52.8. The summed E-state index contributed by atoms with van der Waals surface area (Å²) >= 11 is 2.15. The van der Waals surface area contributed by atoms with Crippen LogP contribution in [0, 0.1) is 52.9 Å². The fourth-order valence-corrected chi connectivity index (χ4v) is 15.7. The number of hydrogen-bond donors (Lipinski definition) is 11. The fraction of sp³-hybridized carbons (Fsp3) is 0.286. The molecule has 0 amide bonds. The summed E-state index contributed by atoms with van der Waals surface area (Å²) in [7, 11) is -30.7. The number of nitrogens with one attached hydrogen (secondary N) is 3. The molecule has 602 valence electrons. The number of azo groups is 4. The average Bonchev–Trinajstić information content (AvgIpc) is 1.58. The number of aliphatic hydroxyl groups excluding tert-OH is 1. The van der Waals surface area contributed by atoms with Gasteiger partial charge in [0.25, 0.3) is 60.7 Å². The fourth-order valence-electron chi connectivity index (χ4n) is 10.4. The monoisotopic (exact) mass is 1730 g/mol. The molecule has 41 nitrogen and oxygen atoms in total. The second-order valence-corrected chi connectivity index (χ2v) is 36.0. The maximum Gasteiger partial charge on any atom is 0.425 e. The number of hydrogen-bond acceptors (Lipinski definition) is 36. The van der Waals surface area contributed by atoms with Gasteiger partial charge in [-0.2, -0.15) is 80.9 Å². The molecule has 50 heteroatoms. The van der Waals surface area contributed by atoms with Gasteiger partial charge in [0.1, 0.15) is 34.4 Å². The van der Waals surface area contributed by atoms with Crippen LogP contribution in [0.5, 0.6) is 11.6 Å². The first kappa shape index (κ1) is 88.5. The minimum absolute atomic E-state index is 0.00223. The number of nitriles is 1. The average molecular weight is 1730 g/mol. The summed E-state index contributed by atoms with van der Waals surface area (Å²) in [4.78, 5) is 16.9. The molecule has 3 aromatic heterocycles. The molecule has 0 aliphatic carbocycles. The summed E-state index contributed by atoms with van der Waals surface area (Å²) in [6.07, 6.45) is -0.443. The van der Waals surface area contributed by atoms with Gasteiger partial charge in [-0.25, -0.2) is 4.98 Å². The van der Waals surface area contributed by atoms with E-state index in [0.29, 0.717) is 21.8 Å². The topological polar surface area (TPSA) is 642 Å². The number of nitrogens with zero attached hydrogens (tertiary/aromatic N) is 14. The highest BCUT2D eigenvalue weighted by atomic mass is 32.2. The first-order valence-electron chi connectivity index (χ1n) is 32.3. The zero-order valence-corrected chi connectivity index (χ0v) is 67.0. The largest absolute Gasteiger partial charge is 0.493 e. The van der Waals surface area contributed by atoms with Gasteiger partial charge in [0, 0.05) is 39.2 Å². The quantitative estimate of drug-likeness (QED) is 0.00772. The summed E-state index contributed by atoms with van der Waals surface area (Å²) in [5, 5.41) is 77.6. The van der Waals surface area contributed by atoms with Crippen LogP contribution < -0.4 is 20.7 Å². The van der Waals surface area contributed by atoms with Gasteiger partial charge in [0.15, 0.2) is 11.3 Å². The van der Waals surface area contributed by atoms with Crippen molar-refractivity contribution in [1.82, 2.24) is 24.3 Å². The highest BCUT2D eigenvalue weighted by Gasteiger charge is 2.26. The Hall–Kier alpha value is -10.1. The third-order valence-electron chi connectivity index (χ3n) is 15.4. The van der Waals surface area contributed by atoms with E-state index in [1.807, 2.05) is 39.0 Å². The van der Waals surface area contributed by atoms with Crippen molar-refractivity contribution in [2.45, 2.75) is 87.0 Å². The third-order valence-corrected chi connectivity index (χ3v) is 22.5. The predicted octanol–water partition coefficient (Wildman–Crippen LogP) is 11.9. The molecule has 6 aromatic carbocycles. The third kappa shape index (κ3) is 25.7. The van der Waals surface area contributed by atoms with Gasteiger partial charge in [-0.1, -0.05) is 23.8 Å². The number of imidazole rings is 1. The molecular weight excluding hydrogens is 1670 g/mol. The van der Waals surface area contributed by atoms with Crippen LogP contribution in [0.25, 0.3) is 16.7 Å². The van der Waals surface area contributed by atoms with Gasteiger partial charge in [0.05, 0.1) is 85.5 Å². The molecule has 0 saturated heterocycles. The zero-order valence-electron chi connectivity index (χ0n) is 59.6. The van der Waals surface area contributed by atoms with E-state index in [0.717, 1.165) is 68.9 Å². The van der Waals surface area contributed by atoms with Crippen molar-refractivity contribution < 1.29 is 105 Å². The molecule has 11 N–H and O–H groups in total. The van der Waals surface area contributed by atoms with Crippen LogP contribution in [0.15, 0.2) is 145 Å². The van der Waals surface area contributed by atoms with Crippen LogP contribution in [0.3, 0.4) is 0 Å². The van der Waals surface area contributed by atoms with Crippen LogP contribution in [0.4, 0.5) is 74.7 Å². The van der Waals surface area contributed by atoms with Crippen molar-refractivity contribution >= 4 is 186 Å². The zero-order chi connectivity index (χ0) is 83.3. The Morgan fingerprint density at radius 2 is 1.03 bits per heavy atom. The number of benzene rings is 6. The van der Waals surface area contributed by atoms with Crippen molar-refractivity contribution in [2.24, 2.45) is 40.9 Å². The van der Waals surface area contributed by atoms with Crippen molar-refractivity contribution in [2.75, 3.05) is 63.6 Å². The Labute approximate surface area is 655 Å². The van der Waals surface area contributed by atoms with Gasteiger partial charge in [-0.15, -0.1) is 66.8 Å². The van der Waals surface area contributed by atoms with Crippen LogP contribution in [0.1, 0.15) is 63.8 Å². The molecule has 3 heterocycles. The van der Waals surface area contributed by atoms with Crippen LogP contribution >= 0.6 is 23.5 Å². The number of aromatic nitrogens is 5. The summed E-state index contributed by atoms with van der Waals surface area (Å²) in [5.41, 5.74) is 3.33. The molecule has 9 rings (SSSR count). The number of ether oxygens (including phenoxy) is 1. The second kappa shape index (κ2) is 37.2. The Morgan fingerprint density at radius 3 is 1.59 bits per heavy atom. The summed E-state index contributed by atoms with van der Waals surface area (Å²) in [5.74, 6) is -4.72. The molecule has 0 radical (unpaired) electrons. The molecule has 0 aliphatic rings. The number of aliphatic hydroxyl groups is 1. The van der Waals surface area contributed by atoms with Crippen molar-refractivity contribution in [3.05, 3.63) is 129 Å². The summed E-state index contributed by atoms with van der Waals surface area (Å²) in [6.45, 7) is 8.66. The molecule has 113 heavy (non-hydrogen) atoms. The second-order valence-electron chi connectivity index (χ2n) is 24.2. The number of aromatic hydroxyl groups is 1. The lowest BCUT2D eigenvalue weighted by Crippen LogP contribution is -2.17. The van der Waals surface area contributed by atoms with Crippen molar-refractivity contribution in [3.63, 3.8) is 0 Å². The Kier molecular flexibility index (Phi) is 29.2. The minimum Gasteiger partial charge on any atom is -0.493 e. The van der Waals surface area contributed by atoms with Gasteiger partial charge in [-0.05, 0) is 155 Å². The van der Waals surface area contributed by atoms with Crippen LogP contribution in [0.2, 0.25) is 0 Å². The number of rotatable bonds is 34. The van der Waals surface area contributed by atoms with E-state index in [-0.39, 0.29) is 144 Å². The van der Waals surface area contributed by atoms with E-state index in [1.54, 1.807) is 26.0 Å². The summed E-state index contributed by atoms with van der Waals surface area (Å²) < 4.78 is 235. The van der Waals surface area contributed by atoms with Crippen molar-refractivity contribution in [1.29, 1.82) is 5.26 Å². The molecule has 0 aliphatic heterocycles. The SMILES string of the molecule is Cc1cc(C)c(N=Nc2cc(SCCCS(=O)(=O)O)c(N=Nc3cc(SCCCS(=O)(=O)O)c(N=Nc4cc(OCCCS(=O)(=O)O)c(N=Nc5c(C)c(C#N)c6nc7cc(S(=O)(=O)O)cc(CO)c7n6c5O)cc4C)cc3Nc3nc(NCCS(=O)(=O)O)nc(Nc4cccc(S(=O)(=O)O)c4)n3)cc2C)c(C)c1.O=S(=O)=O. The van der Waals surface area contributed by atoms with Gasteiger partial charge < -0.3 is 30.9 Å². The van der Waals surface area contributed by atoms with Crippen molar-refractivity contribution in [3.8, 4) is 17.7 Å². The normalized spacial score (nSPS) is 12.5. The molecule has 0 bridgehead atoms. The van der Waals surface area contributed by atoms with Crippen LogP contribution in [-0.2, 0) is 77.9 Å². The highest BCUT2D eigenvalue weighted by molar-refractivity contribution is 7.99. The van der Waals surface area contributed by atoms with E-state index >= 15 is 0 Å². The Balaban J connectivity index is 0.00000390. The minimum atomic E-state index is -4.85. The maximum atomic E-state index is 12.2. The summed E-state index contributed by atoms with van der Waals surface area (Å²) in [6, 6.07) is 21.4. The Morgan fingerprint density at radius 1 is 0.531 bits per heavy atom. The number of thioether (sulfide) groups is 2. The standard InChI is InChI=1S/C63H67N17O21S8.O3S/c1-34-21-37(4)56(38(5)22-34)78-73-46-30-54(102-15-9-18-105(86,87)88)50(24-36(46)3)76-74-48-31-55(103-16-10-19-106(89,90)91)51(28-47(48)68-63-70-61(65-13-20-107(92,93)94)69-62(71-63)66-41-11-7-12-42(26-41)108(95,96)97)77-72-45-29-53(101-14-8-17-104(83,84)85)49(23-35(45)2)75-79-57-39(6)44(32-64)59-67-52-27-43(109(98,99)100)25-40(33-81)58(52)80(59)60(57)82;1-4(2)3/h7,11-12,21-31,81-82H,8-10,13-20,33H2,1-6H3,(H,83,84,85)(H,86,87,88)(H,89,90,91)(H,92,93,94)(H,95,96,97)(H,98,99,100)(H3,65,66,68,69,70,71);. The molecule has 0 atom stereocenters. The van der Waals surface area contributed by atoms with Gasteiger partial charge >= 0.3 is 10.6 Å². The lowest BCUT2D eigenvalue weighted by Gasteiger charge is -2.15. The molecule has 0 unspecified atom stereocenters. The van der Waals surface area contributed by atoms with Crippen LogP contribution in [-0.4, -0.2) is 173 Å². The molecule has 0 spiro atoms. The predicted molar refractivity (Wildman–Crippen MR) is 413 cm³/mol. The number of aryl methyl sites for hydroxylation is 5. The highest BCUT2D eigenvalue weighted by Crippen LogP contribution is 2.46. The van der Waals surface area contributed by atoms with E-state index in [2.05, 4.69) is 71.7 Å². The van der Waals surface area contributed by atoms with Gasteiger partial charge in [0.2, 0.25) is 23.7 Å². The number of anilines is 5. The lowest BCUT2D eigenvalue weighted by atomic mass is 10.1. The van der Waals surface area contributed by atoms with E-state index in [4.69, 9.17) is 22.5 Å². The lowest BCUT2D eigenvalue weighted by molar-refractivity contribution is 0.282. The van der Waals surface area contributed by atoms with E-state index in [1.165, 1.54) is 43.3 Å². The molecular formula is C63H67N17O24S9. The van der Waals surface area contributed by atoms with Gasteiger partial charge in [-0.3, -0.25) is 31.7 Å². The van der Waals surface area contributed by atoms with E-state index < -0.39 is 130 Å². The number of pyridine rings is 1. The first-order valence-corrected chi connectivity index (χ1v) is 44.5. The van der Waals surface area contributed by atoms with E-state index in [9.17, 15) is 93.3 Å². The maximum absolute atomic E-state index is 12.2. The molecule has 0 fully saturated rings. The molecule has 0 saturated carbocycles.